The smallest absolute Gasteiger partial charge is 0.324 e. The molecule has 0 aliphatic rings. The number of rotatable bonds is 8. The van der Waals surface area contributed by atoms with Gasteiger partial charge in [-0.2, -0.15) is 0 Å². The molecule has 8 nitrogen and oxygen atoms in total. The Morgan fingerprint density at radius 1 is 1.22 bits per heavy atom. The summed E-state index contributed by atoms with van der Waals surface area (Å²) < 4.78 is 55.1. The zero-order valence-corrected chi connectivity index (χ0v) is 15.6. The van der Waals surface area contributed by atoms with Crippen LogP contribution in [-0.4, -0.2) is 37.2 Å². The number of phosphoric ester groups is 1. The Labute approximate surface area is 135 Å². The van der Waals surface area contributed by atoms with E-state index in [4.69, 9.17) is 4.89 Å². The molecule has 0 aromatic heterocycles. The third kappa shape index (κ3) is 7.27. The molecule has 0 spiro atoms. The number of phosphoric acid groups is 1. The number of hydrogen-bond acceptors (Lipinski definition) is 6. The van der Waals surface area contributed by atoms with E-state index in [0.29, 0.717) is 6.66 Å². The van der Waals surface area contributed by atoms with Crippen LogP contribution in [0.3, 0.4) is 0 Å². The Hall–Kier alpha value is -0.530. The van der Waals surface area contributed by atoms with Crippen LogP contribution >= 0.6 is 15.4 Å². The van der Waals surface area contributed by atoms with Crippen LogP contribution in [-0.2, 0) is 27.8 Å². The van der Waals surface area contributed by atoms with Crippen molar-refractivity contribution in [2.45, 2.75) is 24.7 Å². The van der Waals surface area contributed by atoms with Crippen molar-refractivity contribution in [2.24, 2.45) is 0 Å². The molecule has 2 unspecified atom stereocenters. The van der Waals surface area contributed by atoms with E-state index >= 15 is 0 Å². The minimum atomic E-state index is -4.79. The quantitative estimate of drug-likeness (QED) is 0.653. The standard InChI is InChI=1S/C12H20O8P2S/c1-10(2)11-5-4-6-12(9-11)23(17,18)8-7-19-22(15,16)20-21(3,13)14/h4-6,9-10H,7-8H2,1-3H3,(H,13,14)(H,15,16). The van der Waals surface area contributed by atoms with Crippen LogP contribution in [0, 0.1) is 0 Å². The lowest BCUT2D eigenvalue weighted by Gasteiger charge is -2.14. The van der Waals surface area contributed by atoms with Crippen molar-refractivity contribution in [1.82, 2.24) is 0 Å². The van der Waals surface area contributed by atoms with E-state index in [0.717, 1.165) is 5.56 Å². The topological polar surface area (TPSA) is 127 Å². The molecule has 1 aromatic carbocycles. The fraction of sp³-hybridized carbons (Fsp3) is 0.500. The Morgan fingerprint density at radius 2 is 1.83 bits per heavy atom. The van der Waals surface area contributed by atoms with Gasteiger partial charge in [-0.3, -0.25) is 9.09 Å². The first-order valence-corrected chi connectivity index (χ1v) is 11.8. The van der Waals surface area contributed by atoms with Crippen molar-refractivity contribution in [1.29, 1.82) is 0 Å². The number of hydrogen-bond donors (Lipinski definition) is 2. The van der Waals surface area contributed by atoms with Crippen LogP contribution in [0.5, 0.6) is 0 Å². The summed E-state index contributed by atoms with van der Waals surface area (Å²) in [7, 11) is -12.8. The molecular weight excluding hydrogens is 366 g/mol. The molecule has 0 bridgehead atoms. The minimum Gasteiger partial charge on any atom is -0.324 e. The van der Waals surface area contributed by atoms with Gasteiger partial charge >= 0.3 is 15.4 Å². The van der Waals surface area contributed by atoms with Gasteiger partial charge in [0.15, 0.2) is 9.84 Å². The lowest BCUT2D eigenvalue weighted by Crippen LogP contribution is -2.12. The second-order valence-corrected chi connectivity index (χ2v) is 10.8. The maximum atomic E-state index is 12.2. The molecule has 0 saturated heterocycles. The lowest BCUT2D eigenvalue weighted by atomic mass is 10.0. The van der Waals surface area contributed by atoms with E-state index in [1.807, 2.05) is 13.8 Å². The average Bonchev–Trinajstić information content (AvgIpc) is 2.35. The van der Waals surface area contributed by atoms with Gasteiger partial charge in [0.25, 0.3) is 0 Å². The van der Waals surface area contributed by atoms with E-state index in [2.05, 4.69) is 8.83 Å². The molecule has 2 N–H and O–H groups in total. The highest BCUT2D eigenvalue weighted by Crippen LogP contribution is 2.57. The summed E-state index contributed by atoms with van der Waals surface area (Å²) in [4.78, 5) is 18.2. The molecular formula is C12H20O8P2S. The molecule has 0 radical (unpaired) electrons. The van der Waals surface area contributed by atoms with Gasteiger partial charge in [0, 0.05) is 6.66 Å². The molecule has 0 aliphatic carbocycles. The fourth-order valence-corrected chi connectivity index (χ4v) is 4.97. The highest BCUT2D eigenvalue weighted by molar-refractivity contribution is 7.91. The second-order valence-electron chi connectivity index (χ2n) is 5.23. The summed E-state index contributed by atoms with van der Waals surface area (Å²) in [5.74, 6) is -0.419. The summed E-state index contributed by atoms with van der Waals surface area (Å²) in [5.41, 5.74) is 0.843. The van der Waals surface area contributed by atoms with Crippen LogP contribution in [0.1, 0.15) is 25.3 Å². The molecule has 132 valence electrons. The van der Waals surface area contributed by atoms with Crippen molar-refractivity contribution in [2.75, 3.05) is 19.0 Å². The van der Waals surface area contributed by atoms with Crippen LogP contribution in [0.4, 0.5) is 0 Å². The highest BCUT2D eigenvalue weighted by Gasteiger charge is 2.30. The van der Waals surface area contributed by atoms with Crippen LogP contribution in [0.2, 0.25) is 0 Å². The Balaban J connectivity index is 2.75. The van der Waals surface area contributed by atoms with Gasteiger partial charge in [0.2, 0.25) is 0 Å². The molecule has 0 heterocycles. The van der Waals surface area contributed by atoms with Gasteiger partial charge in [-0.1, -0.05) is 26.0 Å². The minimum absolute atomic E-state index is 0.0734. The summed E-state index contributed by atoms with van der Waals surface area (Å²) in [5, 5.41) is 0. The van der Waals surface area contributed by atoms with E-state index in [-0.39, 0.29) is 10.8 Å². The molecule has 0 saturated carbocycles. The molecule has 0 amide bonds. The van der Waals surface area contributed by atoms with Crippen LogP contribution < -0.4 is 0 Å². The van der Waals surface area contributed by atoms with Crippen molar-refractivity contribution in [3.05, 3.63) is 29.8 Å². The molecule has 0 aliphatic heterocycles. The number of sulfone groups is 1. The maximum absolute atomic E-state index is 12.2. The normalized spacial score (nSPS) is 17.7. The third-order valence-electron chi connectivity index (χ3n) is 2.75. The molecule has 0 fully saturated rings. The molecule has 1 aromatic rings. The molecule has 23 heavy (non-hydrogen) atoms. The SMILES string of the molecule is CC(C)c1cccc(S(=O)(=O)CCOP(=O)(O)OP(C)(=O)O)c1. The van der Waals surface area contributed by atoms with Crippen LogP contribution in [0.15, 0.2) is 29.2 Å². The van der Waals surface area contributed by atoms with Gasteiger partial charge in [-0.25, -0.2) is 17.3 Å². The summed E-state index contributed by atoms with van der Waals surface area (Å²) in [6.07, 6.45) is 0. The van der Waals surface area contributed by atoms with Crippen molar-refractivity contribution in [3.63, 3.8) is 0 Å². The Kier molecular flexibility index (Phi) is 6.75. The molecule has 2 atom stereocenters. The first kappa shape index (κ1) is 20.5. The predicted molar refractivity (Wildman–Crippen MR) is 85.2 cm³/mol. The molecule has 1 rings (SSSR count). The van der Waals surface area contributed by atoms with Crippen LogP contribution in [0.25, 0.3) is 0 Å². The predicted octanol–water partition coefficient (Wildman–Crippen LogP) is 2.53. The largest absolute Gasteiger partial charge is 0.479 e. The highest BCUT2D eigenvalue weighted by atomic mass is 32.2. The average molecular weight is 386 g/mol. The zero-order valence-electron chi connectivity index (χ0n) is 12.9. The Morgan fingerprint density at radius 3 is 2.35 bits per heavy atom. The van der Waals surface area contributed by atoms with Gasteiger partial charge in [0.05, 0.1) is 17.3 Å². The van der Waals surface area contributed by atoms with Crippen molar-refractivity contribution in [3.8, 4) is 0 Å². The third-order valence-corrected chi connectivity index (χ3v) is 6.97. The monoisotopic (exact) mass is 386 g/mol. The first-order chi connectivity index (χ1) is 10.3. The zero-order chi connectivity index (χ0) is 17.9. The van der Waals surface area contributed by atoms with Crippen molar-refractivity contribution < 1.29 is 36.2 Å². The van der Waals surface area contributed by atoms with E-state index in [1.54, 1.807) is 12.1 Å². The van der Waals surface area contributed by atoms with E-state index in [9.17, 15) is 22.4 Å². The van der Waals surface area contributed by atoms with Gasteiger partial charge in [0.1, 0.15) is 0 Å². The summed E-state index contributed by atoms with van der Waals surface area (Å²) in [6.45, 7) is 3.91. The van der Waals surface area contributed by atoms with Gasteiger partial charge in [-0.05, 0) is 23.6 Å². The lowest BCUT2D eigenvalue weighted by molar-refractivity contribution is 0.206. The first-order valence-electron chi connectivity index (χ1n) is 6.64. The fourth-order valence-electron chi connectivity index (χ4n) is 1.66. The maximum Gasteiger partial charge on any atom is 0.479 e. The van der Waals surface area contributed by atoms with E-state index < -0.39 is 37.6 Å². The van der Waals surface area contributed by atoms with Crippen molar-refractivity contribution >= 4 is 25.3 Å². The number of benzene rings is 1. The summed E-state index contributed by atoms with van der Waals surface area (Å²) >= 11 is 0. The van der Waals surface area contributed by atoms with E-state index in [1.165, 1.54) is 12.1 Å². The molecule has 11 heteroatoms. The van der Waals surface area contributed by atoms with Gasteiger partial charge < -0.3 is 9.79 Å². The van der Waals surface area contributed by atoms with Gasteiger partial charge in [-0.15, -0.1) is 0 Å². The second kappa shape index (κ2) is 7.57. The summed E-state index contributed by atoms with van der Waals surface area (Å²) in [6, 6.07) is 6.37. The Bertz CT molecular complexity index is 737.